The highest BCUT2D eigenvalue weighted by Gasteiger charge is 2.34. The summed E-state index contributed by atoms with van der Waals surface area (Å²) < 4.78 is 46.8. The number of benzene rings is 2. The van der Waals surface area contributed by atoms with Gasteiger partial charge in [0, 0.05) is 5.56 Å². The van der Waals surface area contributed by atoms with Crippen LogP contribution in [0.1, 0.15) is 75.8 Å². The van der Waals surface area contributed by atoms with Gasteiger partial charge in [0.1, 0.15) is 11.6 Å². The molecule has 178 valence electrons. The molecule has 33 heavy (non-hydrogen) atoms. The number of carbonyl (C=O) groups excluding carboxylic acids is 1. The minimum absolute atomic E-state index is 0.122. The number of hydrogen-bond donors (Lipinski definition) is 1. The van der Waals surface area contributed by atoms with E-state index in [-0.39, 0.29) is 17.8 Å². The summed E-state index contributed by atoms with van der Waals surface area (Å²) >= 11 is 0. The molecule has 0 aliphatic heterocycles. The average molecular weight is 474 g/mol. The van der Waals surface area contributed by atoms with Crippen molar-refractivity contribution < 1.29 is 22.3 Å². The molecule has 5 nitrogen and oxygen atoms in total. The summed E-state index contributed by atoms with van der Waals surface area (Å²) in [4.78, 5) is 12.8. The van der Waals surface area contributed by atoms with Gasteiger partial charge in [-0.15, -0.1) is 0 Å². The molecule has 7 heteroatoms. The Morgan fingerprint density at radius 2 is 1.73 bits per heavy atom. The molecule has 0 radical (unpaired) electrons. The summed E-state index contributed by atoms with van der Waals surface area (Å²) in [5.74, 6) is 0.0178. The largest absolute Gasteiger partial charge is 0.490 e. The molecule has 2 aliphatic carbocycles. The third kappa shape index (κ3) is 5.08. The van der Waals surface area contributed by atoms with Crippen LogP contribution in [0.4, 0.5) is 4.39 Å². The molecule has 2 aromatic carbocycles. The number of sulfonamides is 1. The van der Waals surface area contributed by atoms with Crippen LogP contribution in [0.25, 0.3) is 11.1 Å². The molecule has 0 unspecified atom stereocenters. The lowest BCUT2D eigenvalue weighted by Crippen LogP contribution is -2.42. The number of halogens is 1. The van der Waals surface area contributed by atoms with E-state index >= 15 is 4.39 Å². The van der Waals surface area contributed by atoms with Crippen molar-refractivity contribution in [3.05, 3.63) is 53.3 Å². The normalized spacial score (nSPS) is 17.6. The van der Waals surface area contributed by atoms with Crippen molar-refractivity contribution in [3.63, 3.8) is 0 Å². The van der Waals surface area contributed by atoms with E-state index in [0.717, 1.165) is 62.3 Å². The second kappa shape index (κ2) is 9.09. The van der Waals surface area contributed by atoms with Crippen LogP contribution in [0, 0.1) is 5.82 Å². The number of nitrogens with one attached hydrogen (secondary N) is 1. The van der Waals surface area contributed by atoms with Crippen LogP contribution >= 0.6 is 0 Å². The van der Waals surface area contributed by atoms with Gasteiger partial charge in [-0.3, -0.25) is 9.52 Å². The monoisotopic (exact) mass is 473 g/mol. The average Bonchev–Trinajstić information content (AvgIpc) is 3.20. The molecule has 0 aromatic heterocycles. The summed E-state index contributed by atoms with van der Waals surface area (Å²) in [6.45, 7) is 3.37. The van der Waals surface area contributed by atoms with Crippen LogP contribution in [-0.4, -0.2) is 26.7 Å². The molecule has 1 amide bonds. The lowest BCUT2D eigenvalue weighted by molar-refractivity contribution is -0.123. The third-order valence-electron chi connectivity index (χ3n) is 7.00. The van der Waals surface area contributed by atoms with Crippen LogP contribution in [0.3, 0.4) is 0 Å². The van der Waals surface area contributed by atoms with Crippen LogP contribution in [0.5, 0.6) is 5.75 Å². The molecule has 2 saturated carbocycles. The van der Waals surface area contributed by atoms with Gasteiger partial charge in [0.15, 0.2) is 0 Å². The number of hydrogen-bond acceptors (Lipinski definition) is 4. The topological polar surface area (TPSA) is 72.5 Å². The van der Waals surface area contributed by atoms with Crippen LogP contribution in [0.2, 0.25) is 0 Å². The van der Waals surface area contributed by atoms with E-state index in [0.29, 0.717) is 16.9 Å². The molecular weight excluding hydrogens is 441 g/mol. The zero-order valence-electron chi connectivity index (χ0n) is 19.5. The summed E-state index contributed by atoms with van der Waals surface area (Å²) in [6.07, 6.45) is 8.31. The van der Waals surface area contributed by atoms with Crippen molar-refractivity contribution in [1.82, 2.24) is 4.72 Å². The van der Waals surface area contributed by atoms with Gasteiger partial charge in [-0.25, -0.2) is 12.8 Å². The summed E-state index contributed by atoms with van der Waals surface area (Å²) in [6, 6.07) is 10.6. The first-order valence-electron chi connectivity index (χ1n) is 11.7. The van der Waals surface area contributed by atoms with Gasteiger partial charge in [0.25, 0.3) is 0 Å². The highest BCUT2D eigenvalue weighted by Crippen LogP contribution is 2.45. The zero-order valence-corrected chi connectivity index (χ0v) is 20.3. The van der Waals surface area contributed by atoms with E-state index in [2.05, 4.69) is 4.72 Å². The van der Waals surface area contributed by atoms with E-state index in [9.17, 15) is 13.2 Å². The third-order valence-corrected chi connectivity index (χ3v) is 7.56. The van der Waals surface area contributed by atoms with Crippen LogP contribution in [0.15, 0.2) is 36.4 Å². The SMILES string of the molecule is CC(C)(C(=O)NS(C)(=O)=O)c1ccc(OC2CCCC2)c(-c2cccc(F)c2C2CCC2)c1. The Labute approximate surface area is 195 Å². The molecule has 0 bridgehead atoms. The fourth-order valence-electron chi connectivity index (χ4n) is 4.73. The maximum atomic E-state index is 15.0. The first-order chi connectivity index (χ1) is 15.6. The second-order valence-electron chi connectivity index (χ2n) is 9.89. The predicted molar refractivity (Wildman–Crippen MR) is 127 cm³/mol. The lowest BCUT2D eigenvalue weighted by Gasteiger charge is -2.30. The number of carbonyl (C=O) groups is 1. The summed E-state index contributed by atoms with van der Waals surface area (Å²) in [7, 11) is -3.69. The molecule has 0 atom stereocenters. The number of rotatable bonds is 7. The summed E-state index contributed by atoms with van der Waals surface area (Å²) in [5.41, 5.74) is 1.76. The zero-order chi connectivity index (χ0) is 23.8. The van der Waals surface area contributed by atoms with E-state index < -0.39 is 21.3 Å². The highest BCUT2D eigenvalue weighted by molar-refractivity contribution is 7.89. The molecule has 2 fully saturated rings. The lowest BCUT2D eigenvalue weighted by atomic mass is 9.76. The molecule has 2 aromatic rings. The van der Waals surface area contributed by atoms with Crippen molar-refractivity contribution in [2.24, 2.45) is 0 Å². The predicted octanol–water partition coefficient (Wildman–Crippen LogP) is 5.44. The Morgan fingerprint density at radius 3 is 2.33 bits per heavy atom. The van der Waals surface area contributed by atoms with Gasteiger partial charge < -0.3 is 4.74 Å². The van der Waals surface area contributed by atoms with E-state index in [4.69, 9.17) is 4.74 Å². The van der Waals surface area contributed by atoms with Gasteiger partial charge in [-0.05, 0) is 93.2 Å². The molecule has 1 N–H and O–H groups in total. The maximum absolute atomic E-state index is 15.0. The van der Waals surface area contributed by atoms with E-state index in [1.165, 1.54) is 6.07 Å². The van der Waals surface area contributed by atoms with Gasteiger partial charge in [0.2, 0.25) is 15.9 Å². The first kappa shape index (κ1) is 23.7. The van der Waals surface area contributed by atoms with Gasteiger partial charge in [-0.1, -0.05) is 24.6 Å². The van der Waals surface area contributed by atoms with Crippen LogP contribution in [-0.2, 0) is 20.2 Å². The maximum Gasteiger partial charge on any atom is 0.243 e. The summed E-state index contributed by atoms with van der Waals surface area (Å²) in [5, 5.41) is 0. The molecule has 0 spiro atoms. The number of amides is 1. The molecule has 2 aliphatic rings. The van der Waals surface area contributed by atoms with Crippen molar-refractivity contribution in [3.8, 4) is 16.9 Å². The van der Waals surface area contributed by atoms with Crippen molar-refractivity contribution in [2.75, 3.05) is 6.26 Å². The molecule has 4 rings (SSSR count). The molecular formula is C26H32FNO4S. The minimum Gasteiger partial charge on any atom is -0.490 e. The fourth-order valence-corrected chi connectivity index (χ4v) is 5.32. The highest BCUT2D eigenvalue weighted by atomic mass is 32.2. The Hall–Kier alpha value is -2.41. The van der Waals surface area contributed by atoms with E-state index in [1.54, 1.807) is 26.0 Å². The van der Waals surface area contributed by atoms with Crippen molar-refractivity contribution in [2.45, 2.75) is 76.2 Å². The smallest absolute Gasteiger partial charge is 0.243 e. The Morgan fingerprint density at radius 1 is 1.03 bits per heavy atom. The Balaban J connectivity index is 1.82. The molecule has 0 saturated heterocycles. The standard InChI is InChI=1S/C26H32FNO4S/c1-26(2,25(29)28-33(3,30)31)18-14-15-23(32-19-10-4-5-11-19)21(16-18)20-12-7-13-22(27)24(20)17-8-6-9-17/h7,12-17,19H,4-6,8-11H2,1-3H3,(H,28,29). The van der Waals surface area contributed by atoms with Gasteiger partial charge >= 0.3 is 0 Å². The van der Waals surface area contributed by atoms with E-state index in [1.807, 2.05) is 18.2 Å². The van der Waals surface area contributed by atoms with Gasteiger partial charge in [0.05, 0.1) is 17.8 Å². The minimum atomic E-state index is -3.69. The Bertz CT molecular complexity index is 1150. The van der Waals surface area contributed by atoms with Crippen LogP contribution < -0.4 is 9.46 Å². The van der Waals surface area contributed by atoms with Crippen molar-refractivity contribution >= 4 is 15.9 Å². The quantitative estimate of drug-likeness (QED) is 0.582. The fraction of sp³-hybridized carbons (Fsp3) is 0.500. The second-order valence-corrected chi connectivity index (χ2v) is 11.6. The van der Waals surface area contributed by atoms with Gasteiger partial charge in [-0.2, -0.15) is 0 Å². The number of ether oxygens (including phenoxy) is 1. The van der Waals surface area contributed by atoms with Crippen molar-refractivity contribution in [1.29, 1.82) is 0 Å². The Kier molecular flexibility index (Phi) is 6.54. The first-order valence-corrected chi connectivity index (χ1v) is 13.6. The molecule has 0 heterocycles.